The van der Waals surface area contributed by atoms with Crippen LogP contribution >= 0.6 is 0 Å². The van der Waals surface area contributed by atoms with Gasteiger partial charge in [-0.05, 0) is 79.8 Å². The molecular weight excluding hydrogens is 374 g/mol. The van der Waals surface area contributed by atoms with Crippen LogP contribution in [0.25, 0.3) is 0 Å². The van der Waals surface area contributed by atoms with E-state index in [1.807, 2.05) is 6.92 Å². The maximum atomic E-state index is 13.2. The largest absolute Gasteiger partial charge is 0.331 e. The Labute approximate surface area is 164 Å². The number of carbonyl (C=O) groups excluding carboxylic acids is 2. The fourth-order valence-corrected chi connectivity index (χ4v) is 6.16. The minimum absolute atomic E-state index is 0.279. The van der Waals surface area contributed by atoms with E-state index < -0.39 is 21.9 Å². The van der Waals surface area contributed by atoms with Crippen molar-refractivity contribution in [2.45, 2.75) is 50.3 Å². The van der Waals surface area contributed by atoms with E-state index in [1.54, 1.807) is 18.2 Å². The third kappa shape index (κ3) is 2.64. The monoisotopic (exact) mass is 395 g/mol. The summed E-state index contributed by atoms with van der Waals surface area (Å²) in [6.45, 7) is 1.85. The van der Waals surface area contributed by atoms with Gasteiger partial charge in [-0.2, -0.15) is 0 Å². The summed E-state index contributed by atoms with van der Waals surface area (Å²) in [5, 5.41) is 2.95. The van der Waals surface area contributed by atoms with Crippen LogP contribution < -0.4 is 10.0 Å². The van der Waals surface area contributed by atoms with Gasteiger partial charge in [0.2, 0.25) is 0 Å². The van der Waals surface area contributed by atoms with Crippen LogP contribution in [-0.2, 0) is 35.6 Å². The van der Waals surface area contributed by atoms with Crippen molar-refractivity contribution in [1.29, 1.82) is 0 Å². The molecule has 2 aromatic rings. The van der Waals surface area contributed by atoms with Crippen LogP contribution in [0.15, 0.2) is 33.5 Å². The molecule has 0 saturated heterocycles. The van der Waals surface area contributed by atoms with Crippen LogP contribution in [0, 0.1) is 6.92 Å². The van der Waals surface area contributed by atoms with Gasteiger partial charge in [-0.3, -0.25) is 4.79 Å². The molecule has 2 aromatic carbocycles. The molecule has 1 heterocycles. The van der Waals surface area contributed by atoms with Crippen LogP contribution in [0.4, 0.5) is 10.5 Å². The molecule has 0 saturated carbocycles. The minimum atomic E-state index is -3.31. The normalized spacial score (nSPS) is 21.7. The number of rotatable bonds is 2. The quantitative estimate of drug-likeness (QED) is 0.813. The zero-order valence-corrected chi connectivity index (χ0v) is 16.4. The van der Waals surface area contributed by atoms with E-state index in [0.29, 0.717) is 5.56 Å². The number of hydrogen-bond donors (Lipinski definition) is 2. The van der Waals surface area contributed by atoms with Crippen LogP contribution in [0.2, 0.25) is 0 Å². The van der Waals surface area contributed by atoms with Gasteiger partial charge in [0.1, 0.15) is 0 Å². The summed E-state index contributed by atoms with van der Waals surface area (Å²) in [5.74, 6) is -0.550. The first-order chi connectivity index (χ1) is 13.4. The van der Waals surface area contributed by atoms with Gasteiger partial charge >= 0.3 is 6.03 Å². The van der Waals surface area contributed by atoms with Gasteiger partial charge in [0.05, 0.1) is 10.5 Å². The van der Waals surface area contributed by atoms with Gasteiger partial charge in [-0.1, -0.05) is 17.7 Å². The van der Waals surface area contributed by atoms with Gasteiger partial charge in [-0.15, -0.1) is 4.36 Å². The summed E-state index contributed by atoms with van der Waals surface area (Å²) in [4.78, 5) is 25.2. The number of hydrogen-bond acceptors (Lipinski definition) is 3. The first-order valence-electron chi connectivity index (χ1n) is 9.62. The SMILES string of the molecule is Cc1ccc2c(c1)C(=O)N=S2(=O)NC(=O)Nc1c2c(cc3c1CCC3)CCC2. The summed E-state index contributed by atoms with van der Waals surface area (Å²) in [7, 11) is -3.31. The Morgan fingerprint density at radius 2 is 1.71 bits per heavy atom. The maximum absolute atomic E-state index is 13.2. The van der Waals surface area contributed by atoms with Crippen molar-refractivity contribution in [3.8, 4) is 0 Å². The lowest BCUT2D eigenvalue weighted by Crippen LogP contribution is -2.34. The smallest absolute Gasteiger partial charge is 0.307 e. The second-order valence-corrected chi connectivity index (χ2v) is 9.59. The van der Waals surface area contributed by atoms with Gasteiger partial charge in [0.25, 0.3) is 5.91 Å². The molecule has 5 rings (SSSR count). The molecule has 0 radical (unpaired) electrons. The van der Waals surface area contributed by atoms with Crippen molar-refractivity contribution in [1.82, 2.24) is 4.72 Å². The Bertz CT molecular complexity index is 1140. The molecule has 0 bridgehead atoms. The number of nitrogens with one attached hydrogen (secondary N) is 2. The Hall–Kier alpha value is -2.67. The Morgan fingerprint density at radius 3 is 2.39 bits per heavy atom. The predicted octanol–water partition coefficient (Wildman–Crippen LogP) is 3.69. The number of aryl methyl sites for hydroxylation is 3. The third-order valence-corrected chi connectivity index (χ3v) is 7.65. The van der Waals surface area contributed by atoms with Gasteiger partial charge < -0.3 is 5.32 Å². The first kappa shape index (κ1) is 17.4. The lowest BCUT2D eigenvalue weighted by molar-refractivity contribution is 0.101. The second kappa shape index (κ2) is 6.17. The maximum Gasteiger partial charge on any atom is 0.331 e. The number of amides is 3. The van der Waals surface area contributed by atoms with Gasteiger partial charge in [0, 0.05) is 5.69 Å². The van der Waals surface area contributed by atoms with E-state index >= 15 is 0 Å². The van der Waals surface area contributed by atoms with Crippen LogP contribution in [0.5, 0.6) is 0 Å². The summed E-state index contributed by atoms with van der Waals surface area (Å²) in [6.07, 6.45) is 6.12. The molecule has 7 heteroatoms. The van der Waals surface area contributed by atoms with Crippen molar-refractivity contribution in [2.75, 3.05) is 5.32 Å². The van der Waals surface area contributed by atoms with E-state index in [9.17, 15) is 13.8 Å². The fraction of sp³-hybridized carbons (Fsp3) is 0.333. The zero-order valence-electron chi connectivity index (χ0n) is 15.6. The molecule has 28 heavy (non-hydrogen) atoms. The lowest BCUT2D eigenvalue weighted by atomic mass is 9.99. The zero-order chi connectivity index (χ0) is 19.5. The highest BCUT2D eigenvalue weighted by atomic mass is 32.2. The summed E-state index contributed by atoms with van der Waals surface area (Å²) in [6, 6.07) is 6.74. The molecule has 2 N–H and O–H groups in total. The molecule has 144 valence electrons. The molecule has 3 aliphatic rings. The van der Waals surface area contributed by atoms with Crippen molar-refractivity contribution < 1.29 is 13.8 Å². The number of nitrogens with zero attached hydrogens (tertiary/aromatic N) is 1. The van der Waals surface area contributed by atoms with Crippen molar-refractivity contribution >= 4 is 27.5 Å². The third-order valence-electron chi connectivity index (χ3n) is 5.82. The topological polar surface area (TPSA) is 87.6 Å². The number of carbonyl (C=O) groups is 2. The molecule has 0 fully saturated rings. The predicted molar refractivity (Wildman–Crippen MR) is 107 cm³/mol. The van der Waals surface area contributed by atoms with Crippen molar-refractivity contribution in [2.24, 2.45) is 4.36 Å². The molecule has 0 spiro atoms. The van der Waals surface area contributed by atoms with Gasteiger partial charge in [0.15, 0.2) is 9.92 Å². The van der Waals surface area contributed by atoms with Crippen LogP contribution in [0.3, 0.4) is 0 Å². The summed E-state index contributed by atoms with van der Waals surface area (Å²) in [5.41, 5.74) is 7.06. The molecule has 2 aliphatic carbocycles. The van der Waals surface area contributed by atoms with Crippen molar-refractivity contribution in [3.63, 3.8) is 0 Å². The first-order valence-corrected chi connectivity index (χ1v) is 11.1. The standard InChI is InChI=1S/C21H21N3O3S/c1-12-8-9-18-17(10-12)20(25)23-28(18,27)24-21(26)22-19-15-6-2-4-13(15)11-14-5-3-7-16(14)19/h8-11H,2-7H2,1H3,(H2,22,23,24,25,26,27). The van der Waals surface area contributed by atoms with Crippen LogP contribution in [0.1, 0.15) is 51.0 Å². The molecule has 1 unspecified atom stereocenters. The Morgan fingerprint density at radius 1 is 1.04 bits per heavy atom. The van der Waals surface area contributed by atoms with E-state index in [-0.39, 0.29) is 4.90 Å². The van der Waals surface area contributed by atoms with Gasteiger partial charge in [-0.25, -0.2) is 13.7 Å². The van der Waals surface area contributed by atoms with Crippen molar-refractivity contribution in [3.05, 3.63) is 57.6 Å². The van der Waals surface area contributed by atoms with E-state index in [1.165, 1.54) is 22.3 Å². The average molecular weight is 395 g/mol. The minimum Gasteiger partial charge on any atom is -0.307 e. The number of anilines is 1. The average Bonchev–Trinajstić information content (AvgIpc) is 3.34. The number of benzene rings is 2. The molecule has 6 nitrogen and oxygen atoms in total. The Kier molecular flexibility index (Phi) is 3.84. The lowest BCUT2D eigenvalue weighted by Gasteiger charge is -2.17. The summed E-state index contributed by atoms with van der Waals surface area (Å²) >= 11 is 0. The molecule has 3 amide bonds. The van der Waals surface area contributed by atoms with E-state index in [2.05, 4.69) is 20.5 Å². The highest BCUT2D eigenvalue weighted by Crippen LogP contribution is 2.38. The number of fused-ring (bicyclic) bond motifs is 3. The summed E-state index contributed by atoms with van der Waals surface area (Å²) < 4.78 is 19.5. The molecule has 1 aliphatic heterocycles. The highest BCUT2D eigenvalue weighted by Gasteiger charge is 2.31. The van der Waals surface area contributed by atoms with E-state index in [4.69, 9.17) is 0 Å². The van der Waals surface area contributed by atoms with Crippen LogP contribution in [-0.4, -0.2) is 16.1 Å². The van der Waals surface area contributed by atoms with E-state index in [0.717, 1.165) is 49.8 Å². The second-order valence-electron chi connectivity index (χ2n) is 7.71. The molecule has 1 atom stereocenters. The molecule has 0 aromatic heterocycles. The number of urea groups is 1. The fourth-order valence-electron chi connectivity index (χ4n) is 4.58. The Balaban J connectivity index is 1.47. The highest BCUT2D eigenvalue weighted by molar-refractivity contribution is 7.93. The molecular formula is C21H21N3O3S.